The van der Waals surface area contributed by atoms with Crippen LogP contribution in [-0.2, 0) is 14.3 Å². The summed E-state index contributed by atoms with van der Waals surface area (Å²) in [4.78, 5) is 57.4. The number of fused-ring (bicyclic) bond motifs is 2. The Morgan fingerprint density at radius 2 is 1.67 bits per heavy atom. The van der Waals surface area contributed by atoms with Crippen LogP contribution in [0.3, 0.4) is 0 Å². The zero-order chi connectivity index (χ0) is 29.8. The number of ether oxygens (including phenoxy) is 1. The van der Waals surface area contributed by atoms with Crippen LogP contribution in [0.2, 0.25) is 0 Å². The zero-order valence-corrected chi connectivity index (χ0v) is 25.2. The van der Waals surface area contributed by atoms with Crippen LogP contribution in [0.4, 0.5) is 14.2 Å². The monoisotopic (exact) mass is 599 g/mol. The molecule has 0 unspecified atom stereocenters. The second-order valence-corrected chi connectivity index (χ2v) is 13.9. The van der Waals surface area contributed by atoms with E-state index >= 15 is 0 Å². The number of rotatable bonds is 3. The first kappa shape index (κ1) is 28.9. The van der Waals surface area contributed by atoms with Crippen molar-refractivity contribution in [3.8, 4) is 0 Å². The number of thiophene rings is 1. The molecule has 4 aliphatic rings. The largest absolute Gasteiger partial charge is 0.444 e. The molecule has 4 amide bonds. The highest BCUT2D eigenvalue weighted by molar-refractivity contribution is 7.23. The van der Waals surface area contributed by atoms with E-state index in [1.165, 1.54) is 23.5 Å². The first-order chi connectivity index (χ1) is 20.0. The molecule has 226 valence electrons. The maximum Gasteiger partial charge on any atom is 0.412 e. The fourth-order valence-electron chi connectivity index (χ4n) is 6.88. The van der Waals surface area contributed by atoms with Gasteiger partial charge in [-0.3, -0.25) is 34.6 Å². The molecular weight excluding hydrogens is 561 g/mol. The first-order valence-corrected chi connectivity index (χ1v) is 15.7. The maximum absolute atomic E-state index is 14.3. The minimum Gasteiger partial charge on any atom is -0.444 e. The molecule has 4 aliphatic heterocycles. The lowest BCUT2D eigenvalue weighted by molar-refractivity contribution is -0.150. The summed E-state index contributed by atoms with van der Waals surface area (Å²) in [7, 11) is 0. The molecular formula is C30H38FN5O5S. The molecule has 1 N–H and O–H groups in total. The third-order valence-electron chi connectivity index (χ3n) is 8.84. The summed E-state index contributed by atoms with van der Waals surface area (Å²) in [6, 6.07) is 4.43. The van der Waals surface area contributed by atoms with Crippen LogP contribution in [-0.4, -0.2) is 94.5 Å². The summed E-state index contributed by atoms with van der Waals surface area (Å²) < 4.78 is 20.4. The van der Waals surface area contributed by atoms with E-state index in [0.29, 0.717) is 67.1 Å². The summed E-state index contributed by atoms with van der Waals surface area (Å²) in [5.74, 6) is -0.825. The lowest BCUT2D eigenvalue weighted by atomic mass is 9.78. The summed E-state index contributed by atoms with van der Waals surface area (Å²) in [5.41, 5.74) is -1.44. The number of amides is 4. The van der Waals surface area contributed by atoms with Crippen LogP contribution in [0.15, 0.2) is 18.2 Å². The van der Waals surface area contributed by atoms with Crippen molar-refractivity contribution >= 4 is 50.2 Å². The molecule has 0 saturated carbocycles. The number of carbonyl (C=O) groups excluding carboxylic acids is 4. The van der Waals surface area contributed by atoms with E-state index in [2.05, 4.69) is 10.2 Å². The SMILES string of the molecule is CC(C)(C)OC(=O)Nc1sc2ccc(F)cc2c1C(=O)N1CCC(N2CCCC3(C2)C(=O)N2CCCCN2C3=O)CC1. The molecule has 0 bridgehead atoms. The van der Waals surface area contributed by atoms with Gasteiger partial charge in [0.25, 0.3) is 17.7 Å². The van der Waals surface area contributed by atoms with Crippen molar-refractivity contribution in [2.75, 3.05) is 44.6 Å². The summed E-state index contributed by atoms with van der Waals surface area (Å²) in [5, 5.41) is 6.86. The molecule has 1 spiro atoms. The Bertz CT molecular complexity index is 1410. The molecule has 12 heteroatoms. The Labute approximate surface area is 248 Å². The van der Waals surface area contributed by atoms with Crippen LogP contribution in [0.1, 0.15) is 69.7 Å². The molecule has 10 nitrogen and oxygen atoms in total. The molecule has 4 saturated heterocycles. The van der Waals surface area contributed by atoms with Gasteiger partial charge in [-0.25, -0.2) is 9.18 Å². The summed E-state index contributed by atoms with van der Waals surface area (Å²) >= 11 is 1.22. The average molecular weight is 600 g/mol. The first-order valence-electron chi connectivity index (χ1n) is 14.9. The number of hydrogen-bond donors (Lipinski definition) is 1. The van der Waals surface area contributed by atoms with Crippen molar-refractivity contribution in [1.82, 2.24) is 19.8 Å². The third-order valence-corrected chi connectivity index (χ3v) is 9.92. The highest BCUT2D eigenvalue weighted by Gasteiger charge is 2.60. The predicted molar refractivity (Wildman–Crippen MR) is 156 cm³/mol. The minimum atomic E-state index is -0.989. The van der Waals surface area contributed by atoms with E-state index in [1.54, 1.807) is 41.8 Å². The number of benzene rings is 1. The predicted octanol–water partition coefficient (Wildman–Crippen LogP) is 4.45. The smallest absolute Gasteiger partial charge is 0.412 e. The van der Waals surface area contributed by atoms with Gasteiger partial charge in [0.2, 0.25) is 0 Å². The lowest BCUT2D eigenvalue weighted by Gasteiger charge is -2.44. The second-order valence-electron chi connectivity index (χ2n) is 12.8. The molecule has 1 aromatic carbocycles. The van der Waals surface area contributed by atoms with E-state index in [9.17, 15) is 23.6 Å². The molecule has 0 atom stereocenters. The average Bonchev–Trinajstić information content (AvgIpc) is 3.40. The van der Waals surface area contributed by atoms with Crippen molar-refractivity contribution < 1.29 is 28.3 Å². The normalized spacial score (nSPS) is 21.8. The van der Waals surface area contributed by atoms with Gasteiger partial charge in [-0.15, -0.1) is 11.3 Å². The Kier molecular flexibility index (Phi) is 7.41. The number of likely N-dealkylation sites (tertiary alicyclic amines) is 2. The quantitative estimate of drug-likeness (QED) is 0.523. The zero-order valence-electron chi connectivity index (χ0n) is 24.4. The lowest BCUT2D eigenvalue weighted by Crippen LogP contribution is -2.56. The van der Waals surface area contributed by atoms with Gasteiger partial charge in [-0.05, 0) is 84.0 Å². The van der Waals surface area contributed by atoms with Crippen LogP contribution >= 0.6 is 11.3 Å². The van der Waals surface area contributed by atoms with Gasteiger partial charge in [0, 0.05) is 48.9 Å². The number of nitrogens with one attached hydrogen (secondary N) is 1. The molecule has 0 radical (unpaired) electrons. The van der Waals surface area contributed by atoms with Crippen molar-refractivity contribution in [3.63, 3.8) is 0 Å². The van der Waals surface area contributed by atoms with Crippen molar-refractivity contribution in [3.05, 3.63) is 29.6 Å². The van der Waals surface area contributed by atoms with Gasteiger partial charge in [0.15, 0.2) is 0 Å². The van der Waals surface area contributed by atoms with E-state index < -0.39 is 22.9 Å². The molecule has 6 rings (SSSR count). The molecule has 4 fully saturated rings. The van der Waals surface area contributed by atoms with Crippen LogP contribution in [0.5, 0.6) is 0 Å². The number of anilines is 1. The summed E-state index contributed by atoms with van der Waals surface area (Å²) in [6.07, 6.45) is 3.92. The third kappa shape index (κ3) is 5.12. The Hall–Kier alpha value is -3.25. The van der Waals surface area contributed by atoms with Gasteiger partial charge >= 0.3 is 6.09 Å². The van der Waals surface area contributed by atoms with E-state index in [-0.39, 0.29) is 29.3 Å². The van der Waals surface area contributed by atoms with E-state index in [4.69, 9.17) is 4.74 Å². The Morgan fingerprint density at radius 3 is 2.31 bits per heavy atom. The van der Waals surface area contributed by atoms with Crippen molar-refractivity contribution in [1.29, 1.82) is 0 Å². The molecule has 1 aromatic heterocycles. The Balaban J connectivity index is 1.17. The molecule has 5 heterocycles. The fraction of sp³-hybridized carbons (Fsp3) is 0.600. The van der Waals surface area contributed by atoms with Gasteiger partial charge in [0.1, 0.15) is 21.8 Å². The topological polar surface area (TPSA) is 102 Å². The van der Waals surface area contributed by atoms with Crippen molar-refractivity contribution in [2.45, 2.75) is 70.9 Å². The standard InChI is InChI=1S/C30H38FN5O5S/c1-29(2,3)41-28(40)32-24-23(21-17-19(31)7-8-22(21)42-24)25(37)33-15-9-20(10-16-33)34-12-6-11-30(18-34)26(38)35-13-4-5-14-36(35)27(30)39/h7-8,17,20H,4-6,9-16,18H2,1-3H3,(H,32,40). The van der Waals surface area contributed by atoms with Crippen LogP contribution in [0, 0.1) is 11.2 Å². The van der Waals surface area contributed by atoms with Crippen molar-refractivity contribution in [2.24, 2.45) is 5.41 Å². The number of halogens is 1. The maximum atomic E-state index is 14.3. The Morgan fingerprint density at radius 1 is 1.00 bits per heavy atom. The number of piperidine rings is 2. The highest BCUT2D eigenvalue weighted by Crippen LogP contribution is 2.43. The van der Waals surface area contributed by atoms with Gasteiger partial charge in [-0.1, -0.05) is 0 Å². The van der Waals surface area contributed by atoms with Gasteiger partial charge < -0.3 is 9.64 Å². The number of carbonyl (C=O) groups is 4. The van der Waals surface area contributed by atoms with Crippen LogP contribution in [0.25, 0.3) is 10.1 Å². The second kappa shape index (κ2) is 10.8. The molecule has 42 heavy (non-hydrogen) atoms. The highest BCUT2D eigenvalue weighted by atomic mass is 32.1. The van der Waals surface area contributed by atoms with E-state index in [0.717, 1.165) is 25.8 Å². The fourth-order valence-corrected chi connectivity index (χ4v) is 7.94. The molecule has 0 aliphatic carbocycles. The van der Waals surface area contributed by atoms with Crippen LogP contribution < -0.4 is 5.32 Å². The molecule has 2 aromatic rings. The number of hydrogen-bond acceptors (Lipinski definition) is 7. The van der Waals surface area contributed by atoms with E-state index in [1.807, 2.05) is 0 Å². The minimum absolute atomic E-state index is 0.0499. The number of hydrazine groups is 1. The van der Waals surface area contributed by atoms with Gasteiger partial charge in [0.05, 0.1) is 5.56 Å². The summed E-state index contributed by atoms with van der Waals surface area (Å²) in [6.45, 7) is 8.69. The number of nitrogens with zero attached hydrogens (tertiary/aromatic N) is 4. The van der Waals surface area contributed by atoms with Gasteiger partial charge in [-0.2, -0.15) is 0 Å².